The number of carbonyl (C=O) groups excluding carboxylic acids is 1. The average Bonchev–Trinajstić information content (AvgIpc) is 2.77. The van der Waals surface area contributed by atoms with E-state index >= 15 is 0 Å². The third-order valence-corrected chi connectivity index (χ3v) is 2.47. The number of halogens is 1. The van der Waals surface area contributed by atoms with Crippen LogP contribution >= 0.6 is 0 Å². The van der Waals surface area contributed by atoms with Gasteiger partial charge in [-0.1, -0.05) is 0 Å². The number of carboxylic acids is 1. The van der Waals surface area contributed by atoms with Gasteiger partial charge in [-0.3, -0.25) is 4.79 Å². The van der Waals surface area contributed by atoms with Gasteiger partial charge in [0.05, 0.1) is 0 Å². The zero-order chi connectivity index (χ0) is 13.3. The van der Waals surface area contributed by atoms with Gasteiger partial charge in [-0.25, -0.2) is 9.18 Å². The first-order chi connectivity index (χ1) is 8.49. The fourth-order valence-electron chi connectivity index (χ4n) is 1.59. The smallest absolute Gasteiger partial charge is 0.371 e. The Labute approximate surface area is 102 Å². The largest absolute Gasteiger partial charge is 0.475 e. The summed E-state index contributed by atoms with van der Waals surface area (Å²) < 4.78 is 17.8. The summed E-state index contributed by atoms with van der Waals surface area (Å²) in [4.78, 5) is 22.6. The SMILES string of the molecule is Cc1cc(F)ccc1C(=O)c1ccc(C(=O)O)o1. The van der Waals surface area contributed by atoms with Gasteiger partial charge in [-0.2, -0.15) is 0 Å². The number of carboxylic acid groups (broad SMARTS) is 1. The molecule has 0 radical (unpaired) electrons. The molecule has 18 heavy (non-hydrogen) atoms. The summed E-state index contributed by atoms with van der Waals surface area (Å²) in [7, 11) is 0. The van der Waals surface area contributed by atoms with Crippen LogP contribution < -0.4 is 0 Å². The van der Waals surface area contributed by atoms with Crippen molar-refractivity contribution in [3.63, 3.8) is 0 Å². The molecule has 0 bridgehead atoms. The van der Waals surface area contributed by atoms with E-state index in [2.05, 4.69) is 0 Å². The van der Waals surface area contributed by atoms with Gasteiger partial charge < -0.3 is 9.52 Å². The maximum Gasteiger partial charge on any atom is 0.371 e. The molecule has 4 nitrogen and oxygen atoms in total. The lowest BCUT2D eigenvalue weighted by molar-refractivity contribution is 0.0660. The molecule has 1 aromatic heterocycles. The fraction of sp³-hybridized carbons (Fsp3) is 0.0769. The van der Waals surface area contributed by atoms with Crippen molar-refractivity contribution in [1.29, 1.82) is 0 Å². The molecule has 1 heterocycles. The number of aromatic carboxylic acids is 1. The van der Waals surface area contributed by atoms with Crippen molar-refractivity contribution in [3.05, 3.63) is 58.8 Å². The Morgan fingerprint density at radius 1 is 1.17 bits per heavy atom. The van der Waals surface area contributed by atoms with Crippen LogP contribution in [0.1, 0.15) is 32.2 Å². The van der Waals surface area contributed by atoms with Crippen molar-refractivity contribution in [1.82, 2.24) is 0 Å². The highest BCUT2D eigenvalue weighted by Gasteiger charge is 2.18. The van der Waals surface area contributed by atoms with E-state index < -0.39 is 17.6 Å². The number of carbonyl (C=O) groups is 2. The number of rotatable bonds is 3. The molecule has 0 aliphatic carbocycles. The second-order valence-electron chi connectivity index (χ2n) is 3.76. The topological polar surface area (TPSA) is 67.5 Å². The molecule has 0 aliphatic heterocycles. The van der Waals surface area contributed by atoms with Crippen LogP contribution in [0.4, 0.5) is 4.39 Å². The van der Waals surface area contributed by atoms with Gasteiger partial charge in [0, 0.05) is 5.56 Å². The third-order valence-electron chi connectivity index (χ3n) is 2.47. The highest BCUT2D eigenvalue weighted by atomic mass is 19.1. The highest BCUT2D eigenvalue weighted by Crippen LogP contribution is 2.17. The van der Waals surface area contributed by atoms with E-state index in [1.54, 1.807) is 6.92 Å². The summed E-state index contributed by atoms with van der Waals surface area (Å²) in [5.74, 6) is -2.54. The molecule has 2 rings (SSSR count). The molecule has 0 atom stereocenters. The number of furan rings is 1. The minimum Gasteiger partial charge on any atom is -0.475 e. The molecule has 92 valence electrons. The van der Waals surface area contributed by atoms with Crippen LogP contribution in [0.2, 0.25) is 0 Å². The molecule has 2 aromatic rings. The lowest BCUT2D eigenvalue weighted by Gasteiger charge is -2.02. The van der Waals surface area contributed by atoms with Crippen molar-refractivity contribution in [2.24, 2.45) is 0 Å². The third kappa shape index (κ3) is 2.15. The van der Waals surface area contributed by atoms with Crippen molar-refractivity contribution in [3.8, 4) is 0 Å². The van der Waals surface area contributed by atoms with E-state index in [0.29, 0.717) is 5.56 Å². The first-order valence-electron chi connectivity index (χ1n) is 5.13. The predicted octanol–water partition coefficient (Wildman–Crippen LogP) is 2.66. The van der Waals surface area contributed by atoms with Crippen LogP contribution in [0.25, 0.3) is 0 Å². The zero-order valence-corrected chi connectivity index (χ0v) is 9.44. The van der Waals surface area contributed by atoms with E-state index in [1.807, 2.05) is 0 Å². The van der Waals surface area contributed by atoms with E-state index in [-0.39, 0.29) is 17.1 Å². The van der Waals surface area contributed by atoms with Crippen molar-refractivity contribution in [2.45, 2.75) is 6.92 Å². The fourth-order valence-corrected chi connectivity index (χ4v) is 1.59. The summed E-state index contributed by atoms with van der Waals surface area (Å²) in [6.45, 7) is 1.59. The summed E-state index contributed by atoms with van der Waals surface area (Å²) in [6.07, 6.45) is 0. The van der Waals surface area contributed by atoms with Crippen molar-refractivity contribution < 1.29 is 23.5 Å². The summed E-state index contributed by atoms with van der Waals surface area (Å²) in [5, 5.41) is 8.69. The number of ketones is 1. The van der Waals surface area contributed by atoms with E-state index in [1.165, 1.54) is 30.3 Å². The Kier molecular flexibility index (Phi) is 2.97. The van der Waals surface area contributed by atoms with Crippen LogP contribution in [0.15, 0.2) is 34.7 Å². The molecule has 0 saturated heterocycles. The molecule has 0 fully saturated rings. The van der Waals surface area contributed by atoms with Gasteiger partial charge in [0.2, 0.25) is 11.5 Å². The maximum absolute atomic E-state index is 12.9. The van der Waals surface area contributed by atoms with E-state index in [0.717, 1.165) is 0 Å². The quantitative estimate of drug-likeness (QED) is 0.848. The summed E-state index contributed by atoms with van der Waals surface area (Å²) in [5.41, 5.74) is 0.746. The highest BCUT2D eigenvalue weighted by molar-refractivity contribution is 6.08. The number of hydrogen-bond acceptors (Lipinski definition) is 3. The van der Waals surface area contributed by atoms with E-state index in [9.17, 15) is 14.0 Å². The molecule has 1 aromatic carbocycles. The molecule has 0 unspecified atom stereocenters. The molecular weight excluding hydrogens is 239 g/mol. The Bertz CT molecular complexity index is 628. The Morgan fingerprint density at radius 3 is 2.39 bits per heavy atom. The molecule has 0 amide bonds. The zero-order valence-electron chi connectivity index (χ0n) is 9.44. The van der Waals surface area contributed by atoms with Gasteiger partial charge in [-0.05, 0) is 42.8 Å². The molecule has 0 saturated carbocycles. The normalized spacial score (nSPS) is 10.3. The standard InChI is InChI=1S/C13H9FO4/c1-7-6-8(14)2-3-9(7)12(15)10-4-5-11(18-10)13(16)17/h2-6H,1H3,(H,16,17). The van der Waals surface area contributed by atoms with Crippen LogP contribution in [0, 0.1) is 12.7 Å². The molecular formula is C13H9FO4. The Balaban J connectivity index is 2.38. The minimum atomic E-state index is -1.25. The molecule has 0 aliphatic rings. The van der Waals surface area contributed by atoms with Crippen LogP contribution in [-0.4, -0.2) is 16.9 Å². The summed E-state index contributed by atoms with van der Waals surface area (Å²) in [6, 6.07) is 6.23. The monoisotopic (exact) mass is 248 g/mol. The van der Waals surface area contributed by atoms with Gasteiger partial charge in [-0.15, -0.1) is 0 Å². The van der Waals surface area contributed by atoms with Gasteiger partial charge >= 0.3 is 5.97 Å². The first kappa shape index (κ1) is 12.0. The Hall–Kier alpha value is -2.43. The predicted molar refractivity (Wildman–Crippen MR) is 60.2 cm³/mol. The van der Waals surface area contributed by atoms with Gasteiger partial charge in [0.25, 0.3) is 0 Å². The van der Waals surface area contributed by atoms with Crippen molar-refractivity contribution in [2.75, 3.05) is 0 Å². The molecule has 0 spiro atoms. The van der Waals surface area contributed by atoms with Crippen molar-refractivity contribution >= 4 is 11.8 Å². The van der Waals surface area contributed by atoms with Gasteiger partial charge in [0.1, 0.15) is 5.82 Å². The average molecular weight is 248 g/mol. The lowest BCUT2D eigenvalue weighted by atomic mass is 10.0. The number of benzene rings is 1. The van der Waals surface area contributed by atoms with Gasteiger partial charge in [0.15, 0.2) is 5.76 Å². The summed E-state index contributed by atoms with van der Waals surface area (Å²) >= 11 is 0. The number of hydrogen-bond donors (Lipinski definition) is 1. The second kappa shape index (κ2) is 4.44. The van der Waals surface area contributed by atoms with Crippen LogP contribution in [0.5, 0.6) is 0 Å². The molecule has 5 heteroatoms. The van der Waals surface area contributed by atoms with Crippen LogP contribution in [-0.2, 0) is 0 Å². The first-order valence-corrected chi connectivity index (χ1v) is 5.13. The Morgan fingerprint density at radius 2 is 1.83 bits per heavy atom. The second-order valence-corrected chi connectivity index (χ2v) is 3.76. The van der Waals surface area contributed by atoms with Crippen LogP contribution in [0.3, 0.4) is 0 Å². The number of aryl methyl sites for hydroxylation is 1. The van der Waals surface area contributed by atoms with E-state index in [4.69, 9.17) is 9.52 Å². The minimum absolute atomic E-state index is 0.0814. The lowest BCUT2D eigenvalue weighted by Crippen LogP contribution is -2.03. The molecule has 1 N–H and O–H groups in total. The maximum atomic E-state index is 12.9.